The van der Waals surface area contributed by atoms with Crippen LogP contribution in [0.3, 0.4) is 0 Å². The number of hydrogen-bond acceptors (Lipinski definition) is 3. The van der Waals surface area contributed by atoms with Gasteiger partial charge >= 0.3 is 0 Å². The summed E-state index contributed by atoms with van der Waals surface area (Å²) in [4.78, 5) is 9.45. The molecule has 0 aliphatic carbocycles. The van der Waals surface area contributed by atoms with Gasteiger partial charge in [-0.1, -0.05) is 0 Å². The van der Waals surface area contributed by atoms with Gasteiger partial charge in [-0.25, -0.2) is 4.98 Å². The van der Waals surface area contributed by atoms with Gasteiger partial charge in [0.1, 0.15) is 5.82 Å². The molecule has 19 heavy (non-hydrogen) atoms. The van der Waals surface area contributed by atoms with Crippen LogP contribution in [0.25, 0.3) is 0 Å². The average molecular weight is 282 g/mol. The van der Waals surface area contributed by atoms with Crippen LogP contribution < -0.4 is 4.90 Å². The van der Waals surface area contributed by atoms with Crippen LogP contribution >= 0.6 is 11.6 Å². The van der Waals surface area contributed by atoms with Crippen molar-refractivity contribution in [2.24, 2.45) is 0 Å². The van der Waals surface area contributed by atoms with E-state index in [4.69, 9.17) is 16.6 Å². The summed E-state index contributed by atoms with van der Waals surface area (Å²) >= 11 is 6.12. The highest BCUT2D eigenvalue weighted by Crippen LogP contribution is 2.27. The SMILES string of the molecule is Cc1cc(C)c(CCl)c(N(C)C2CCCN(C)C2)n1. The number of hydrogen-bond donors (Lipinski definition) is 0. The molecule has 4 heteroatoms. The summed E-state index contributed by atoms with van der Waals surface area (Å²) in [6.07, 6.45) is 2.49. The minimum absolute atomic E-state index is 0.529. The molecule has 1 aliphatic heterocycles. The highest BCUT2D eigenvalue weighted by molar-refractivity contribution is 6.17. The molecule has 0 bridgehead atoms. The zero-order chi connectivity index (χ0) is 14.0. The number of alkyl halides is 1. The van der Waals surface area contributed by atoms with Crippen LogP contribution in [0.1, 0.15) is 29.7 Å². The first-order valence-corrected chi connectivity index (χ1v) is 7.51. The Kier molecular flexibility index (Phi) is 4.69. The van der Waals surface area contributed by atoms with Gasteiger partial charge in [0, 0.05) is 30.9 Å². The quantitative estimate of drug-likeness (QED) is 0.794. The smallest absolute Gasteiger partial charge is 0.133 e. The molecular formula is C15H24ClN3. The molecule has 0 amide bonds. The van der Waals surface area contributed by atoms with Crippen molar-refractivity contribution in [2.45, 2.75) is 38.6 Å². The molecule has 0 radical (unpaired) electrons. The second-order valence-electron chi connectivity index (χ2n) is 5.69. The normalized spacial score (nSPS) is 20.6. The summed E-state index contributed by atoms with van der Waals surface area (Å²) in [6.45, 7) is 6.48. The molecule has 2 rings (SSSR count). The molecule has 0 N–H and O–H groups in total. The van der Waals surface area contributed by atoms with Crippen molar-refractivity contribution < 1.29 is 0 Å². The molecule has 3 nitrogen and oxygen atoms in total. The molecule has 1 aliphatic rings. The lowest BCUT2D eigenvalue weighted by atomic mass is 10.0. The molecule has 1 unspecified atom stereocenters. The number of nitrogens with zero attached hydrogens (tertiary/aromatic N) is 3. The second-order valence-corrected chi connectivity index (χ2v) is 5.95. The molecule has 1 fully saturated rings. The number of halogens is 1. The lowest BCUT2D eigenvalue weighted by molar-refractivity contribution is 0.247. The standard InChI is InChI=1S/C15H24ClN3/c1-11-8-12(2)17-15(14(11)9-16)19(4)13-6-5-7-18(3)10-13/h8,13H,5-7,9-10H2,1-4H3. The minimum Gasteiger partial charge on any atom is -0.355 e. The Labute approximate surface area is 121 Å². The largest absolute Gasteiger partial charge is 0.355 e. The maximum Gasteiger partial charge on any atom is 0.133 e. The summed E-state index contributed by atoms with van der Waals surface area (Å²) in [7, 11) is 4.35. The fourth-order valence-corrected chi connectivity index (χ4v) is 3.26. The van der Waals surface area contributed by atoms with Crippen molar-refractivity contribution in [2.75, 3.05) is 32.1 Å². The van der Waals surface area contributed by atoms with E-state index in [1.807, 2.05) is 0 Å². The van der Waals surface area contributed by atoms with E-state index in [0.717, 1.165) is 18.1 Å². The molecule has 1 aromatic heterocycles. The molecule has 0 saturated carbocycles. The molecule has 1 saturated heterocycles. The highest BCUT2D eigenvalue weighted by Gasteiger charge is 2.24. The first kappa shape index (κ1) is 14.6. The maximum absolute atomic E-state index is 6.12. The van der Waals surface area contributed by atoms with Crippen LogP contribution in [0, 0.1) is 13.8 Å². The van der Waals surface area contributed by atoms with Crippen molar-refractivity contribution >= 4 is 17.4 Å². The van der Waals surface area contributed by atoms with Gasteiger partial charge in [-0.05, 0) is 51.9 Å². The number of aryl methyl sites for hydroxylation is 2. The van der Waals surface area contributed by atoms with E-state index in [-0.39, 0.29) is 0 Å². The second kappa shape index (κ2) is 6.10. The summed E-state index contributed by atoms with van der Waals surface area (Å²) in [6, 6.07) is 2.65. The zero-order valence-corrected chi connectivity index (χ0v) is 13.2. The van der Waals surface area contributed by atoms with E-state index >= 15 is 0 Å². The van der Waals surface area contributed by atoms with Gasteiger partial charge < -0.3 is 9.80 Å². The lowest BCUT2D eigenvalue weighted by Crippen LogP contribution is -2.45. The first-order chi connectivity index (χ1) is 9.02. The summed E-state index contributed by atoms with van der Waals surface area (Å²) in [5, 5.41) is 0. The predicted octanol–water partition coefficient (Wildman–Crippen LogP) is 2.97. The molecule has 2 heterocycles. The summed E-state index contributed by atoms with van der Waals surface area (Å²) < 4.78 is 0. The van der Waals surface area contributed by atoms with Crippen LogP contribution in [-0.2, 0) is 5.88 Å². The maximum atomic E-state index is 6.12. The number of aromatic nitrogens is 1. The molecule has 0 aromatic carbocycles. The summed E-state index contributed by atoms with van der Waals surface area (Å²) in [5.41, 5.74) is 3.48. The first-order valence-electron chi connectivity index (χ1n) is 6.97. The Morgan fingerprint density at radius 2 is 2.21 bits per heavy atom. The third-order valence-electron chi connectivity index (χ3n) is 4.07. The van der Waals surface area contributed by atoms with Crippen molar-refractivity contribution in [1.82, 2.24) is 9.88 Å². The van der Waals surface area contributed by atoms with E-state index in [0.29, 0.717) is 11.9 Å². The predicted molar refractivity (Wildman–Crippen MR) is 82.2 cm³/mol. The molecule has 1 atom stereocenters. The Morgan fingerprint density at radius 1 is 1.47 bits per heavy atom. The topological polar surface area (TPSA) is 19.4 Å². The van der Waals surface area contributed by atoms with Gasteiger partial charge in [0.05, 0.1) is 5.88 Å². The minimum atomic E-state index is 0.529. The van der Waals surface area contributed by atoms with Gasteiger partial charge in [0.15, 0.2) is 0 Å². The Morgan fingerprint density at radius 3 is 2.84 bits per heavy atom. The van der Waals surface area contributed by atoms with Crippen molar-refractivity contribution in [3.63, 3.8) is 0 Å². The number of pyridine rings is 1. The Balaban J connectivity index is 2.29. The van der Waals surface area contributed by atoms with Gasteiger partial charge in [0.25, 0.3) is 0 Å². The van der Waals surface area contributed by atoms with E-state index in [1.54, 1.807) is 0 Å². The van der Waals surface area contributed by atoms with Gasteiger partial charge in [0.2, 0.25) is 0 Å². The molecule has 1 aromatic rings. The molecular weight excluding hydrogens is 258 g/mol. The van der Waals surface area contributed by atoms with Gasteiger partial charge in [-0.15, -0.1) is 11.6 Å². The monoisotopic (exact) mass is 281 g/mol. The Bertz CT molecular complexity index is 447. The van der Waals surface area contributed by atoms with Crippen molar-refractivity contribution in [1.29, 1.82) is 0 Å². The average Bonchev–Trinajstić information content (AvgIpc) is 2.37. The number of likely N-dealkylation sites (tertiary alicyclic amines) is 1. The van der Waals surface area contributed by atoms with Gasteiger partial charge in [-0.3, -0.25) is 0 Å². The zero-order valence-electron chi connectivity index (χ0n) is 12.4. The third-order valence-corrected chi connectivity index (χ3v) is 4.34. The van der Waals surface area contributed by atoms with Crippen LogP contribution in [0.4, 0.5) is 5.82 Å². The van der Waals surface area contributed by atoms with Gasteiger partial charge in [-0.2, -0.15) is 0 Å². The molecule has 0 spiro atoms. The van der Waals surface area contributed by atoms with Crippen LogP contribution in [0.15, 0.2) is 6.07 Å². The van der Waals surface area contributed by atoms with Crippen molar-refractivity contribution in [3.8, 4) is 0 Å². The lowest BCUT2D eigenvalue weighted by Gasteiger charge is -2.37. The van der Waals surface area contributed by atoms with E-state index < -0.39 is 0 Å². The third kappa shape index (κ3) is 3.21. The number of rotatable bonds is 3. The number of anilines is 1. The van der Waals surface area contributed by atoms with E-state index in [9.17, 15) is 0 Å². The fraction of sp³-hybridized carbons (Fsp3) is 0.667. The fourth-order valence-electron chi connectivity index (χ4n) is 2.93. The summed E-state index contributed by atoms with van der Waals surface area (Å²) in [5.74, 6) is 1.59. The van der Waals surface area contributed by atoms with E-state index in [1.165, 1.54) is 30.5 Å². The Hall–Kier alpha value is -0.800. The molecule has 106 valence electrons. The number of likely N-dealkylation sites (N-methyl/N-ethyl adjacent to an activating group) is 2. The highest BCUT2D eigenvalue weighted by atomic mass is 35.5. The van der Waals surface area contributed by atoms with Crippen LogP contribution in [0.2, 0.25) is 0 Å². The van der Waals surface area contributed by atoms with E-state index in [2.05, 4.69) is 43.8 Å². The van der Waals surface area contributed by atoms with Crippen LogP contribution in [0.5, 0.6) is 0 Å². The van der Waals surface area contributed by atoms with Crippen LogP contribution in [-0.4, -0.2) is 43.1 Å². The number of piperidine rings is 1. The van der Waals surface area contributed by atoms with Crippen molar-refractivity contribution in [3.05, 3.63) is 22.9 Å².